The minimum absolute atomic E-state index is 0.0386. The summed E-state index contributed by atoms with van der Waals surface area (Å²) in [6.07, 6.45) is 0.510. The molecule has 0 bridgehead atoms. The number of amides is 1. The molecule has 1 aliphatic heterocycles. The lowest BCUT2D eigenvalue weighted by atomic mass is 10.1. The van der Waals surface area contributed by atoms with Gasteiger partial charge in [0, 0.05) is 24.9 Å². The highest BCUT2D eigenvalue weighted by molar-refractivity contribution is 6.00. The molecule has 0 saturated heterocycles. The third-order valence-electron chi connectivity index (χ3n) is 2.41. The molecular weight excluding hydrogens is 224 g/mol. The van der Waals surface area contributed by atoms with Gasteiger partial charge in [-0.05, 0) is 12.5 Å². The number of carbonyl (C=O) groups excluding carboxylic acids is 1. The van der Waals surface area contributed by atoms with Crippen molar-refractivity contribution in [2.75, 3.05) is 25.7 Å². The topological polar surface area (TPSA) is 93.8 Å². The third-order valence-corrected chi connectivity index (χ3v) is 2.41. The van der Waals surface area contributed by atoms with Crippen molar-refractivity contribution in [3.63, 3.8) is 0 Å². The van der Waals surface area contributed by atoms with Gasteiger partial charge in [-0.25, -0.2) is 0 Å². The molecule has 0 atom stereocenters. The highest BCUT2D eigenvalue weighted by Gasteiger charge is 2.19. The van der Waals surface area contributed by atoms with E-state index < -0.39 is 0 Å². The van der Waals surface area contributed by atoms with Crippen LogP contribution in [0.2, 0.25) is 0 Å². The summed E-state index contributed by atoms with van der Waals surface area (Å²) in [4.78, 5) is 11.8. The number of hydrogen-bond acceptors (Lipinski definition) is 5. The number of fused-ring (bicyclic) bond motifs is 1. The molecule has 4 N–H and O–H groups in total. The second kappa shape index (κ2) is 4.92. The number of anilines is 1. The van der Waals surface area contributed by atoms with Crippen molar-refractivity contribution in [3.05, 3.63) is 17.7 Å². The molecule has 0 saturated carbocycles. The van der Waals surface area contributed by atoms with Gasteiger partial charge in [-0.15, -0.1) is 0 Å². The Morgan fingerprint density at radius 3 is 2.82 bits per heavy atom. The molecule has 1 aromatic carbocycles. The van der Waals surface area contributed by atoms with Gasteiger partial charge in [-0.3, -0.25) is 4.79 Å². The predicted octanol–water partition coefficient (Wildman–Crippen LogP) is 0.110. The Hall–Kier alpha value is -1.95. The highest BCUT2D eigenvalue weighted by atomic mass is 16.7. The molecule has 1 amide bonds. The number of carbonyl (C=O) groups is 1. The van der Waals surface area contributed by atoms with Gasteiger partial charge in [0.2, 0.25) is 6.79 Å². The van der Waals surface area contributed by atoms with Crippen LogP contribution < -0.4 is 20.5 Å². The maximum absolute atomic E-state index is 11.8. The molecule has 0 unspecified atom stereocenters. The summed E-state index contributed by atoms with van der Waals surface area (Å²) in [7, 11) is 0. The zero-order valence-corrected chi connectivity index (χ0v) is 9.23. The van der Waals surface area contributed by atoms with E-state index >= 15 is 0 Å². The average Bonchev–Trinajstić information content (AvgIpc) is 2.75. The van der Waals surface area contributed by atoms with Crippen molar-refractivity contribution in [3.8, 4) is 11.5 Å². The van der Waals surface area contributed by atoms with E-state index in [4.69, 9.17) is 20.3 Å². The molecule has 2 rings (SSSR count). The van der Waals surface area contributed by atoms with Crippen LogP contribution in [0.5, 0.6) is 11.5 Å². The van der Waals surface area contributed by atoms with E-state index in [2.05, 4.69) is 5.32 Å². The quantitative estimate of drug-likeness (QED) is 0.511. The Labute approximate surface area is 98.3 Å². The van der Waals surface area contributed by atoms with Crippen LogP contribution in [0.3, 0.4) is 0 Å². The molecule has 1 aromatic rings. The number of nitrogens with one attached hydrogen (secondary N) is 1. The first-order valence-corrected chi connectivity index (χ1v) is 5.30. The van der Waals surface area contributed by atoms with Crippen molar-refractivity contribution < 1.29 is 19.4 Å². The summed E-state index contributed by atoms with van der Waals surface area (Å²) in [5, 5.41) is 11.3. The number of nitrogens with two attached hydrogens (primary N) is 1. The largest absolute Gasteiger partial charge is 0.454 e. The van der Waals surface area contributed by atoms with Gasteiger partial charge in [-0.2, -0.15) is 0 Å². The Balaban J connectivity index is 2.12. The number of hydrogen-bond donors (Lipinski definition) is 3. The fourth-order valence-corrected chi connectivity index (χ4v) is 1.53. The molecule has 1 aliphatic rings. The van der Waals surface area contributed by atoms with Crippen LogP contribution in [0.15, 0.2) is 12.1 Å². The molecule has 0 radical (unpaired) electrons. The Morgan fingerprint density at radius 1 is 1.41 bits per heavy atom. The van der Waals surface area contributed by atoms with Crippen LogP contribution in [0.25, 0.3) is 0 Å². The summed E-state index contributed by atoms with van der Waals surface area (Å²) in [6.45, 7) is 0.588. The Bertz CT molecular complexity index is 434. The third kappa shape index (κ3) is 2.42. The second-order valence-corrected chi connectivity index (χ2v) is 3.63. The molecule has 0 fully saturated rings. The maximum atomic E-state index is 11.8. The minimum Gasteiger partial charge on any atom is -0.454 e. The smallest absolute Gasteiger partial charge is 0.253 e. The number of ether oxygens (including phenoxy) is 2. The number of aliphatic hydroxyl groups excluding tert-OH is 1. The minimum atomic E-state index is -0.283. The van der Waals surface area contributed by atoms with Gasteiger partial charge in [0.25, 0.3) is 5.91 Å². The van der Waals surface area contributed by atoms with Crippen molar-refractivity contribution in [1.29, 1.82) is 0 Å². The fourth-order valence-electron chi connectivity index (χ4n) is 1.53. The molecule has 92 valence electrons. The molecule has 0 aromatic heterocycles. The molecule has 17 heavy (non-hydrogen) atoms. The molecule has 1 heterocycles. The highest BCUT2D eigenvalue weighted by Crippen LogP contribution is 2.35. The van der Waals surface area contributed by atoms with Gasteiger partial charge in [0.05, 0.1) is 5.56 Å². The van der Waals surface area contributed by atoms with E-state index in [-0.39, 0.29) is 19.3 Å². The zero-order chi connectivity index (χ0) is 12.3. The van der Waals surface area contributed by atoms with Crippen LogP contribution in [0.4, 0.5) is 5.69 Å². The number of nitrogen functional groups attached to an aromatic ring is 1. The van der Waals surface area contributed by atoms with Gasteiger partial charge >= 0.3 is 0 Å². The van der Waals surface area contributed by atoms with Crippen LogP contribution in [0.1, 0.15) is 16.8 Å². The van der Waals surface area contributed by atoms with E-state index in [0.717, 1.165) is 0 Å². The number of rotatable bonds is 4. The molecule has 6 heteroatoms. The maximum Gasteiger partial charge on any atom is 0.253 e. The number of benzene rings is 1. The van der Waals surface area contributed by atoms with E-state index in [9.17, 15) is 4.79 Å². The van der Waals surface area contributed by atoms with E-state index in [1.54, 1.807) is 12.1 Å². The first kappa shape index (κ1) is 11.5. The van der Waals surface area contributed by atoms with E-state index in [1.807, 2.05) is 0 Å². The van der Waals surface area contributed by atoms with Crippen molar-refractivity contribution >= 4 is 11.6 Å². The first-order valence-electron chi connectivity index (χ1n) is 5.30. The van der Waals surface area contributed by atoms with Crippen molar-refractivity contribution in [1.82, 2.24) is 5.32 Å². The van der Waals surface area contributed by atoms with Gasteiger partial charge in [-0.1, -0.05) is 0 Å². The van der Waals surface area contributed by atoms with E-state index in [0.29, 0.717) is 35.7 Å². The monoisotopic (exact) mass is 238 g/mol. The standard InChI is InChI=1S/C11H14N2O4/c12-8-5-10-9(16-6-17-10)4-7(8)11(15)13-2-1-3-14/h4-5,14H,1-3,6,12H2,(H,13,15). The molecular formula is C11H14N2O4. The number of aliphatic hydroxyl groups is 1. The summed E-state index contributed by atoms with van der Waals surface area (Å²) in [5.74, 6) is 0.787. The fraction of sp³-hybridized carbons (Fsp3) is 0.364. The predicted molar refractivity (Wildman–Crippen MR) is 61.0 cm³/mol. The second-order valence-electron chi connectivity index (χ2n) is 3.63. The van der Waals surface area contributed by atoms with Crippen LogP contribution in [-0.2, 0) is 0 Å². The Morgan fingerprint density at radius 2 is 2.12 bits per heavy atom. The van der Waals surface area contributed by atoms with Gasteiger partial charge in [0.15, 0.2) is 11.5 Å². The SMILES string of the molecule is Nc1cc2c(cc1C(=O)NCCCO)OCO2. The molecule has 0 spiro atoms. The van der Waals surface area contributed by atoms with Crippen molar-refractivity contribution in [2.24, 2.45) is 0 Å². The lowest BCUT2D eigenvalue weighted by molar-refractivity contribution is 0.0951. The first-order chi connectivity index (χ1) is 8.22. The summed E-state index contributed by atoms with van der Waals surface area (Å²) in [5.41, 5.74) is 6.45. The van der Waals surface area contributed by atoms with Crippen molar-refractivity contribution in [2.45, 2.75) is 6.42 Å². The molecule has 6 nitrogen and oxygen atoms in total. The normalized spacial score (nSPS) is 12.5. The van der Waals surface area contributed by atoms with Crippen LogP contribution >= 0.6 is 0 Å². The lowest BCUT2D eigenvalue weighted by Crippen LogP contribution is -2.25. The zero-order valence-electron chi connectivity index (χ0n) is 9.23. The summed E-state index contributed by atoms with van der Waals surface area (Å²) < 4.78 is 10.3. The van der Waals surface area contributed by atoms with Crippen LogP contribution in [0, 0.1) is 0 Å². The Kier molecular flexibility index (Phi) is 3.34. The van der Waals surface area contributed by atoms with Gasteiger partial charge < -0.3 is 25.6 Å². The van der Waals surface area contributed by atoms with Gasteiger partial charge in [0.1, 0.15) is 0 Å². The lowest BCUT2D eigenvalue weighted by Gasteiger charge is -2.08. The van der Waals surface area contributed by atoms with Crippen LogP contribution in [-0.4, -0.2) is 31.0 Å². The van der Waals surface area contributed by atoms with E-state index in [1.165, 1.54) is 0 Å². The summed E-state index contributed by atoms with van der Waals surface area (Å²) in [6, 6.07) is 3.13. The average molecular weight is 238 g/mol. The molecule has 0 aliphatic carbocycles. The summed E-state index contributed by atoms with van der Waals surface area (Å²) >= 11 is 0.